The van der Waals surface area contributed by atoms with Crippen molar-refractivity contribution in [2.45, 2.75) is 37.9 Å². The first-order chi connectivity index (χ1) is 15.0. The summed E-state index contributed by atoms with van der Waals surface area (Å²) in [5, 5.41) is 9.56. The number of benzene rings is 2. The van der Waals surface area contributed by atoms with Gasteiger partial charge in [0.25, 0.3) is 0 Å². The van der Waals surface area contributed by atoms with E-state index in [0.29, 0.717) is 24.2 Å². The normalized spacial score (nSPS) is 16.2. The number of anilines is 1. The van der Waals surface area contributed by atoms with Crippen molar-refractivity contribution >= 4 is 21.6 Å². The summed E-state index contributed by atoms with van der Waals surface area (Å²) in [6, 6.07) is 4.31. The summed E-state index contributed by atoms with van der Waals surface area (Å²) >= 11 is 0. The van der Waals surface area contributed by atoms with Gasteiger partial charge < -0.3 is 9.84 Å². The monoisotopic (exact) mass is 475 g/mol. The number of sulfone groups is 1. The number of nitrogens with zero attached hydrogens (tertiary/aromatic N) is 1. The molecule has 0 fully saturated rings. The summed E-state index contributed by atoms with van der Waals surface area (Å²) in [6.45, 7) is 2.49. The van der Waals surface area contributed by atoms with E-state index < -0.39 is 74.5 Å². The first-order valence-electron chi connectivity index (χ1n) is 9.74. The van der Waals surface area contributed by atoms with Crippen LogP contribution in [0, 0.1) is 30.2 Å². The standard InChI is InChI=1S/C21H21F4NO5S/c1-3-6-26-15-5-4-12(7-13(15)16(8-27)31-21(26)28)9-32(29,30)10-14-19(24)17(22)11(2)18(23)20(14)25/h4-5,7,16,27H,3,6,8-10H2,1-2H3. The second-order valence-corrected chi connectivity index (χ2v) is 9.56. The highest BCUT2D eigenvalue weighted by atomic mass is 32.2. The zero-order valence-electron chi connectivity index (χ0n) is 17.3. The Hall–Kier alpha value is -2.66. The Kier molecular flexibility index (Phi) is 6.80. The molecule has 1 aliphatic rings. The average Bonchev–Trinajstić information content (AvgIpc) is 2.75. The molecule has 0 saturated carbocycles. The van der Waals surface area contributed by atoms with Crippen LogP contribution in [0.4, 0.5) is 28.0 Å². The van der Waals surface area contributed by atoms with E-state index in [4.69, 9.17) is 4.74 Å². The van der Waals surface area contributed by atoms with Gasteiger partial charge in [-0.2, -0.15) is 0 Å². The summed E-state index contributed by atoms with van der Waals surface area (Å²) in [6.07, 6.45) is -1.04. The van der Waals surface area contributed by atoms with Gasteiger partial charge in [-0.15, -0.1) is 0 Å². The summed E-state index contributed by atoms with van der Waals surface area (Å²) in [7, 11) is -4.26. The third-order valence-corrected chi connectivity index (χ3v) is 6.63. The minimum absolute atomic E-state index is 0.186. The maximum absolute atomic E-state index is 14.1. The molecular weight excluding hydrogens is 454 g/mol. The van der Waals surface area contributed by atoms with E-state index in [-0.39, 0.29) is 5.56 Å². The molecule has 1 amide bonds. The highest BCUT2D eigenvalue weighted by Crippen LogP contribution is 2.36. The van der Waals surface area contributed by atoms with Crippen LogP contribution in [0.15, 0.2) is 18.2 Å². The number of fused-ring (bicyclic) bond motifs is 1. The zero-order chi connectivity index (χ0) is 23.8. The van der Waals surface area contributed by atoms with E-state index in [1.54, 1.807) is 0 Å². The molecule has 1 atom stereocenters. The van der Waals surface area contributed by atoms with Crippen molar-refractivity contribution in [3.05, 3.63) is 63.7 Å². The lowest BCUT2D eigenvalue weighted by Crippen LogP contribution is -2.39. The summed E-state index contributed by atoms with van der Waals surface area (Å²) < 4.78 is 86.2. The van der Waals surface area contributed by atoms with Crippen molar-refractivity contribution in [1.29, 1.82) is 0 Å². The Balaban J connectivity index is 1.94. The number of cyclic esters (lactones) is 1. The number of hydrogen-bond acceptors (Lipinski definition) is 5. The third kappa shape index (κ3) is 4.44. The molecule has 174 valence electrons. The second-order valence-electron chi connectivity index (χ2n) is 7.49. The van der Waals surface area contributed by atoms with Gasteiger partial charge in [0, 0.05) is 23.2 Å². The molecule has 0 bridgehead atoms. The van der Waals surface area contributed by atoms with Crippen molar-refractivity contribution in [2.75, 3.05) is 18.1 Å². The number of rotatable bonds is 7. The predicted molar refractivity (Wildman–Crippen MR) is 108 cm³/mol. The van der Waals surface area contributed by atoms with Gasteiger partial charge in [-0.1, -0.05) is 13.0 Å². The van der Waals surface area contributed by atoms with Gasteiger partial charge in [-0.25, -0.2) is 30.8 Å². The van der Waals surface area contributed by atoms with Gasteiger partial charge >= 0.3 is 6.09 Å². The van der Waals surface area contributed by atoms with Crippen molar-refractivity contribution < 1.29 is 40.6 Å². The predicted octanol–water partition coefficient (Wildman–Crippen LogP) is 4.07. The van der Waals surface area contributed by atoms with Crippen LogP contribution < -0.4 is 4.90 Å². The molecule has 0 spiro atoms. The fourth-order valence-corrected chi connectivity index (χ4v) is 5.04. The molecule has 0 aromatic heterocycles. The number of carbonyl (C=O) groups excluding carboxylic acids is 1. The number of hydrogen-bond donors (Lipinski definition) is 1. The van der Waals surface area contributed by atoms with Gasteiger partial charge in [0.15, 0.2) is 39.2 Å². The largest absolute Gasteiger partial charge is 0.438 e. The zero-order valence-corrected chi connectivity index (χ0v) is 18.1. The molecule has 0 saturated heterocycles. The van der Waals surface area contributed by atoms with E-state index in [1.165, 1.54) is 23.1 Å². The van der Waals surface area contributed by atoms with Crippen LogP contribution in [0.25, 0.3) is 0 Å². The Bertz CT molecular complexity index is 1140. The van der Waals surface area contributed by atoms with Gasteiger partial charge in [-0.05, 0) is 31.0 Å². The number of carbonyl (C=O) groups is 1. The number of aliphatic hydroxyl groups is 1. The molecular formula is C21H21F4NO5S. The van der Waals surface area contributed by atoms with Crippen LogP contribution in [-0.2, 0) is 26.1 Å². The van der Waals surface area contributed by atoms with Crippen LogP contribution in [0.3, 0.4) is 0 Å². The topological polar surface area (TPSA) is 83.9 Å². The molecule has 1 heterocycles. The van der Waals surface area contributed by atoms with Gasteiger partial charge in [0.05, 0.1) is 23.8 Å². The summed E-state index contributed by atoms with van der Waals surface area (Å²) in [4.78, 5) is 13.5. The van der Waals surface area contributed by atoms with Crippen molar-refractivity contribution in [2.24, 2.45) is 0 Å². The van der Waals surface area contributed by atoms with Gasteiger partial charge in [-0.3, -0.25) is 4.90 Å². The molecule has 32 heavy (non-hydrogen) atoms. The van der Waals surface area contributed by atoms with E-state index in [1.807, 2.05) is 6.92 Å². The minimum Gasteiger partial charge on any atom is -0.438 e. The van der Waals surface area contributed by atoms with Crippen molar-refractivity contribution in [1.82, 2.24) is 0 Å². The molecule has 2 aromatic rings. The number of ether oxygens (including phenoxy) is 1. The molecule has 0 radical (unpaired) electrons. The lowest BCUT2D eigenvalue weighted by Gasteiger charge is -2.33. The Labute approximate surface area is 182 Å². The molecule has 1 unspecified atom stereocenters. The fraction of sp³-hybridized carbons (Fsp3) is 0.381. The maximum Gasteiger partial charge on any atom is 0.414 e. The first-order valence-corrected chi connectivity index (χ1v) is 11.6. The van der Waals surface area contributed by atoms with Gasteiger partial charge in [0.2, 0.25) is 0 Å². The molecule has 6 nitrogen and oxygen atoms in total. The molecule has 11 heteroatoms. The van der Waals surface area contributed by atoms with E-state index in [9.17, 15) is 35.9 Å². The maximum atomic E-state index is 14.1. The molecule has 1 aliphatic heterocycles. The lowest BCUT2D eigenvalue weighted by molar-refractivity contribution is 0.0563. The smallest absolute Gasteiger partial charge is 0.414 e. The highest BCUT2D eigenvalue weighted by Gasteiger charge is 2.33. The number of halogens is 4. The third-order valence-electron chi connectivity index (χ3n) is 5.13. The fourth-order valence-electron chi connectivity index (χ4n) is 3.55. The summed E-state index contributed by atoms with van der Waals surface area (Å²) in [5.74, 6) is -8.75. The summed E-state index contributed by atoms with van der Waals surface area (Å²) in [5.41, 5.74) is -1.08. The van der Waals surface area contributed by atoms with Crippen molar-refractivity contribution in [3.63, 3.8) is 0 Å². The van der Waals surface area contributed by atoms with Gasteiger partial charge in [0.1, 0.15) is 0 Å². The Morgan fingerprint density at radius 1 is 1.06 bits per heavy atom. The van der Waals surface area contributed by atoms with Crippen LogP contribution in [0.1, 0.15) is 41.7 Å². The quantitative estimate of drug-likeness (QED) is 0.482. The Morgan fingerprint density at radius 2 is 1.69 bits per heavy atom. The van der Waals surface area contributed by atoms with E-state index in [0.717, 1.165) is 6.92 Å². The van der Waals surface area contributed by atoms with Crippen LogP contribution in [0.5, 0.6) is 0 Å². The SMILES string of the molecule is CCCN1C(=O)OC(CO)c2cc(CS(=O)(=O)Cc3c(F)c(F)c(C)c(F)c3F)ccc21. The highest BCUT2D eigenvalue weighted by molar-refractivity contribution is 7.89. The van der Waals surface area contributed by atoms with E-state index >= 15 is 0 Å². The number of aliphatic hydroxyl groups excluding tert-OH is 1. The second kappa shape index (κ2) is 9.07. The average molecular weight is 475 g/mol. The number of amides is 1. The van der Waals surface area contributed by atoms with Crippen LogP contribution >= 0.6 is 0 Å². The molecule has 2 aromatic carbocycles. The van der Waals surface area contributed by atoms with Crippen LogP contribution in [0.2, 0.25) is 0 Å². The minimum atomic E-state index is -4.26. The molecule has 1 N–H and O–H groups in total. The van der Waals surface area contributed by atoms with Crippen molar-refractivity contribution in [3.8, 4) is 0 Å². The van der Waals surface area contributed by atoms with Crippen LogP contribution in [-0.4, -0.2) is 32.8 Å². The first kappa shape index (κ1) is 24.0. The van der Waals surface area contributed by atoms with E-state index in [2.05, 4.69) is 0 Å². The molecule has 3 rings (SSSR count). The lowest BCUT2D eigenvalue weighted by atomic mass is 10.0. The Morgan fingerprint density at radius 3 is 2.25 bits per heavy atom. The molecule has 0 aliphatic carbocycles.